The molecule has 0 fully saturated rings. The Kier molecular flexibility index (Phi) is 4.40. The molecule has 8 heteroatoms. The number of nitrogens with zero attached hydrogens (tertiary/aromatic N) is 1. The number of carbonyl (C=O) groups excluding carboxylic acids is 1. The zero-order valence-corrected chi connectivity index (χ0v) is 11.8. The van der Waals surface area contributed by atoms with Crippen LogP contribution in [0.25, 0.3) is 10.9 Å². The number of non-ortho nitro benzene ring substituents is 1. The third-order valence-corrected chi connectivity index (χ3v) is 3.21. The summed E-state index contributed by atoms with van der Waals surface area (Å²) in [6, 6.07) is 6.10. The third kappa shape index (κ3) is 3.40. The molecule has 22 heavy (non-hydrogen) atoms. The van der Waals surface area contributed by atoms with E-state index in [9.17, 15) is 19.7 Å². The lowest BCUT2D eigenvalue weighted by atomic mass is 10.1. The monoisotopic (exact) mass is 305 g/mol. The number of nitro groups is 1. The second-order valence-electron chi connectivity index (χ2n) is 5.09. The summed E-state index contributed by atoms with van der Waals surface area (Å²) in [6.07, 6.45) is -0.0432. The van der Waals surface area contributed by atoms with Crippen molar-refractivity contribution in [3.05, 3.63) is 40.1 Å². The fourth-order valence-electron chi connectivity index (χ4n) is 2.15. The van der Waals surface area contributed by atoms with Crippen molar-refractivity contribution >= 4 is 28.5 Å². The number of aromatic amines is 1. The van der Waals surface area contributed by atoms with E-state index in [0.717, 1.165) is 0 Å². The maximum Gasteiger partial charge on any atom is 0.303 e. The molecule has 0 saturated carbocycles. The number of benzene rings is 1. The molecule has 1 atom stereocenters. The van der Waals surface area contributed by atoms with Gasteiger partial charge in [0.05, 0.1) is 4.92 Å². The van der Waals surface area contributed by atoms with Gasteiger partial charge in [-0.3, -0.25) is 19.7 Å². The largest absolute Gasteiger partial charge is 0.481 e. The van der Waals surface area contributed by atoms with Crippen molar-refractivity contribution in [1.82, 2.24) is 10.3 Å². The highest BCUT2D eigenvalue weighted by atomic mass is 16.6. The van der Waals surface area contributed by atoms with Crippen molar-refractivity contribution in [2.24, 2.45) is 5.92 Å². The van der Waals surface area contributed by atoms with Gasteiger partial charge in [0.25, 0.3) is 11.6 Å². The molecule has 2 rings (SSSR count). The number of carboxylic acid groups (broad SMARTS) is 1. The lowest BCUT2D eigenvalue weighted by Crippen LogP contribution is -2.29. The first kappa shape index (κ1) is 15.5. The first-order valence-corrected chi connectivity index (χ1v) is 6.64. The molecule has 0 aliphatic heterocycles. The maximum absolute atomic E-state index is 12.0. The number of hydrogen-bond donors (Lipinski definition) is 3. The fourth-order valence-corrected chi connectivity index (χ4v) is 2.15. The minimum atomic E-state index is -0.928. The molecular formula is C14H15N3O5. The second kappa shape index (κ2) is 6.25. The zero-order valence-electron chi connectivity index (χ0n) is 11.8. The summed E-state index contributed by atoms with van der Waals surface area (Å²) >= 11 is 0. The van der Waals surface area contributed by atoms with Gasteiger partial charge < -0.3 is 15.4 Å². The summed E-state index contributed by atoms with van der Waals surface area (Å²) in [5.74, 6) is -1.56. The summed E-state index contributed by atoms with van der Waals surface area (Å²) in [6.45, 7) is 1.92. The highest BCUT2D eigenvalue weighted by Crippen LogP contribution is 2.25. The molecule has 1 unspecified atom stereocenters. The van der Waals surface area contributed by atoms with Crippen LogP contribution < -0.4 is 5.32 Å². The van der Waals surface area contributed by atoms with Gasteiger partial charge in [0.1, 0.15) is 11.2 Å². The van der Waals surface area contributed by atoms with E-state index in [-0.39, 0.29) is 35.8 Å². The van der Waals surface area contributed by atoms with E-state index in [2.05, 4.69) is 10.3 Å². The number of fused-ring (bicyclic) bond motifs is 1. The minimum Gasteiger partial charge on any atom is -0.481 e. The van der Waals surface area contributed by atoms with E-state index in [1.54, 1.807) is 19.1 Å². The summed E-state index contributed by atoms with van der Waals surface area (Å²) < 4.78 is 0. The van der Waals surface area contributed by atoms with Gasteiger partial charge in [-0.1, -0.05) is 19.1 Å². The van der Waals surface area contributed by atoms with Gasteiger partial charge in [-0.25, -0.2) is 0 Å². The molecular weight excluding hydrogens is 290 g/mol. The number of H-pyrrole nitrogens is 1. The topological polar surface area (TPSA) is 125 Å². The van der Waals surface area contributed by atoms with Crippen LogP contribution >= 0.6 is 0 Å². The van der Waals surface area contributed by atoms with Crippen LogP contribution in [0, 0.1) is 16.0 Å². The van der Waals surface area contributed by atoms with E-state index >= 15 is 0 Å². The van der Waals surface area contributed by atoms with Crippen LogP contribution in [0.1, 0.15) is 23.8 Å². The first-order chi connectivity index (χ1) is 10.4. The minimum absolute atomic E-state index is 0.0432. The van der Waals surface area contributed by atoms with Crippen LogP contribution in [-0.2, 0) is 4.79 Å². The number of aromatic nitrogens is 1. The van der Waals surface area contributed by atoms with Crippen molar-refractivity contribution in [2.75, 3.05) is 6.54 Å². The molecule has 3 N–H and O–H groups in total. The molecule has 1 aromatic heterocycles. The Morgan fingerprint density at radius 3 is 2.82 bits per heavy atom. The van der Waals surface area contributed by atoms with Gasteiger partial charge in [-0.05, 0) is 12.0 Å². The van der Waals surface area contributed by atoms with Crippen molar-refractivity contribution in [2.45, 2.75) is 13.3 Å². The standard InChI is InChI=1S/C14H15N3O5/c1-8(5-12(18)19)7-15-14(20)10-6-9-3-2-4-11(17(21)22)13(9)16-10/h2-4,6,8,16H,5,7H2,1H3,(H,15,20)(H,18,19). The smallest absolute Gasteiger partial charge is 0.303 e. The SMILES string of the molecule is CC(CNC(=O)c1cc2cccc([N+](=O)[O-])c2[nH]1)CC(=O)O. The molecule has 1 amide bonds. The Hall–Kier alpha value is -2.90. The summed E-state index contributed by atoms with van der Waals surface area (Å²) in [4.78, 5) is 35.7. The lowest BCUT2D eigenvalue weighted by molar-refractivity contribution is -0.383. The van der Waals surface area contributed by atoms with E-state index < -0.39 is 16.8 Å². The number of hydrogen-bond acceptors (Lipinski definition) is 4. The number of rotatable bonds is 6. The molecule has 0 spiro atoms. The second-order valence-corrected chi connectivity index (χ2v) is 5.09. The third-order valence-electron chi connectivity index (χ3n) is 3.21. The Balaban J connectivity index is 2.14. The number of nitrogens with one attached hydrogen (secondary N) is 2. The molecule has 0 radical (unpaired) electrons. The van der Waals surface area contributed by atoms with Crippen LogP contribution in [0.5, 0.6) is 0 Å². The predicted octanol–water partition coefficient (Wildman–Crippen LogP) is 1.92. The van der Waals surface area contributed by atoms with Crippen molar-refractivity contribution in [1.29, 1.82) is 0 Å². The summed E-state index contributed by atoms with van der Waals surface area (Å²) in [5, 5.41) is 22.8. The lowest BCUT2D eigenvalue weighted by Gasteiger charge is -2.09. The summed E-state index contributed by atoms with van der Waals surface area (Å²) in [7, 11) is 0. The number of carbonyl (C=O) groups is 2. The van der Waals surface area contributed by atoms with Gasteiger partial charge in [-0.2, -0.15) is 0 Å². The van der Waals surface area contributed by atoms with Crippen LogP contribution in [0.15, 0.2) is 24.3 Å². The molecule has 116 valence electrons. The Morgan fingerprint density at radius 2 is 2.18 bits per heavy atom. The highest BCUT2D eigenvalue weighted by Gasteiger charge is 2.17. The van der Waals surface area contributed by atoms with Crippen molar-refractivity contribution in [3.63, 3.8) is 0 Å². The van der Waals surface area contributed by atoms with E-state index in [0.29, 0.717) is 5.39 Å². The Morgan fingerprint density at radius 1 is 1.45 bits per heavy atom. The highest BCUT2D eigenvalue weighted by molar-refractivity contribution is 6.00. The van der Waals surface area contributed by atoms with E-state index in [4.69, 9.17) is 5.11 Å². The van der Waals surface area contributed by atoms with Crippen molar-refractivity contribution < 1.29 is 19.6 Å². The van der Waals surface area contributed by atoms with Gasteiger partial charge >= 0.3 is 5.97 Å². The normalized spacial score (nSPS) is 12.0. The molecule has 2 aromatic rings. The fraction of sp³-hybridized carbons (Fsp3) is 0.286. The summed E-state index contributed by atoms with van der Waals surface area (Å²) in [5.41, 5.74) is 0.388. The Bertz CT molecular complexity index is 737. The first-order valence-electron chi connectivity index (χ1n) is 6.64. The van der Waals surface area contributed by atoms with Crippen LogP contribution in [0.3, 0.4) is 0 Å². The average molecular weight is 305 g/mol. The molecule has 0 aliphatic rings. The van der Waals surface area contributed by atoms with Gasteiger partial charge in [0, 0.05) is 24.4 Å². The molecule has 0 bridgehead atoms. The van der Waals surface area contributed by atoms with Gasteiger partial charge in [-0.15, -0.1) is 0 Å². The van der Waals surface area contributed by atoms with Crippen LogP contribution in [-0.4, -0.2) is 33.4 Å². The molecule has 0 saturated heterocycles. The van der Waals surface area contributed by atoms with Gasteiger partial charge in [0.15, 0.2) is 0 Å². The molecule has 1 aromatic carbocycles. The molecule has 0 aliphatic carbocycles. The molecule has 8 nitrogen and oxygen atoms in total. The van der Waals surface area contributed by atoms with Gasteiger partial charge in [0.2, 0.25) is 0 Å². The number of aliphatic carboxylic acids is 1. The number of para-hydroxylation sites is 1. The average Bonchev–Trinajstić information content (AvgIpc) is 2.87. The predicted molar refractivity (Wildman–Crippen MR) is 78.7 cm³/mol. The Labute approximate surface area is 125 Å². The number of carboxylic acids is 1. The maximum atomic E-state index is 12.0. The molecule has 1 heterocycles. The number of nitro benzene ring substituents is 1. The van der Waals surface area contributed by atoms with Crippen LogP contribution in [0.4, 0.5) is 5.69 Å². The quantitative estimate of drug-likeness (QED) is 0.555. The van der Waals surface area contributed by atoms with Crippen LogP contribution in [0.2, 0.25) is 0 Å². The number of amides is 1. The van der Waals surface area contributed by atoms with E-state index in [1.807, 2.05) is 0 Å². The van der Waals surface area contributed by atoms with Crippen molar-refractivity contribution in [3.8, 4) is 0 Å². The van der Waals surface area contributed by atoms with E-state index in [1.165, 1.54) is 12.1 Å². The zero-order chi connectivity index (χ0) is 16.3.